The van der Waals surface area contributed by atoms with Crippen LogP contribution in [0.15, 0.2) is 6.07 Å². The summed E-state index contributed by atoms with van der Waals surface area (Å²) in [5.41, 5.74) is 0. The first kappa shape index (κ1) is 15.3. The Morgan fingerprint density at radius 3 is 2.33 bits per heavy atom. The van der Waals surface area contributed by atoms with Crippen molar-refractivity contribution in [3.05, 3.63) is 16.1 Å². The molecule has 1 rings (SSSR count). The summed E-state index contributed by atoms with van der Waals surface area (Å²) in [6.07, 6.45) is 0. The Morgan fingerprint density at radius 1 is 1.17 bits per heavy atom. The van der Waals surface area contributed by atoms with Crippen molar-refractivity contribution in [2.45, 2.75) is 13.8 Å². The Labute approximate surface area is 119 Å². The topological polar surface area (TPSA) is 40.2 Å². The highest BCUT2D eigenvalue weighted by Crippen LogP contribution is 2.28. The average Bonchev–Trinajstić information content (AvgIpc) is 2.37. The van der Waals surface area contributed by atoms with E-state index in [1.165, 1.54) is 0 Å². The standard InChI is InChI=1S/C12H20Cl2N4/c1-4-18(5-2)7-6-16-12-10(14)8-9(13)11(15-3)17-12/h8H,4-7H2,1-3H3,(H2,15,16,17). The molecule has 0 aliphatic rings. The molecule has 6 heteroatoms. The van der Waals surface area contributed by atoms with E-state index in [0.717, 1.165) is 26.2 Å². The molecule has 0 atom stereocenters. The maximum absolute atomic E-state index is 6.09. The molecule has 0 radical (unpaired) electrons. The quantitative estimate of drug-likeness (QED) is 0.809. The SMILES string of the molecule is CCN(CC)CCNc1nc(NC)c(Cl)cc1Cl. The molecular weight excluding hydrogens is 271 g/mol. The van der Waals surface area contributed by atoms with Gasteiger partial charge in [-0.2, -0.15) is 0 Å². The predicted molar refractivity (Wildman–Crippen MR) is 80.1 cm³/mol. The molecule has 0 aliphatic heterocycles. The summed E-state index contributed by atoms with van der Waals surface area (Å²) in [4.78, 5) is 6.66. The number of hydrogen-bond acceptors (Lipinski definition) is 4. The van der Waals surface area contributed by atoms with Crippen LogP contribution in [0.4, 0.5) is 11.6 Å². The van der Waals surface area contributed by atoms with Crippen LogP contribution in [0.3, 0.4) is 0 Å². The van der Waals surface area contributed by atoms with Gasteiger partial charge < -0.3 is 15.5 Å². The summed E-state index contributed by atoms with van der Waals surface area (Å²) < 4.78 is 0. The second-order valence-electron chi connectivity index (χ2n) is 3.85. The number of nitrogens with one attached hydrogen (secondary N) is 2. The third-order valence-electron chi connectivity index (χ3n) is 2.78. The van der Waals surface area contributed by atoms with Gasteiger partial charge in [-0.25, -0.2) is 4.98 Å². The van der Waals surface area contributed by atoms with E-state index in [0.29, 0.717) is 21.7 Å². The van der Waals surface area contributed by atoms with Gasteiger partial charge in [0.15, 0.2) is 0 Å². The van der Waals surface area contributed by atoms with E-state index in [9.17, 15) is 0 Å². The third-order valence-corrected chi connectivity index (χ3v) is 3.36. The van der Waals surface area contributed by atoms with Gasteiger partial charge in [0.1, 0.15) is 11.6 Å². The summed E-state index contributed by atoms with van der Waals surface area (Å²) in [7, 11) is 1.78. The molecule has 0 bridgehead atoms. The monoisotopic (exact) mass is 290 g/mol. The molecular formula is C12H20Cl2N4. The van der Waals surface area contributed by atoms with E-state index in [-0.39, 0.29) is 0 Å². The highest BCUT2D eigenvalue weighted by Gasteiger charge is 2.08. The molecule has 1 aromatic heterocycles. The number of likely N-dealkylation sites (N-methyl/N-ethyl adjacent to an activating group) is 1. The van der Waals surface area contributed by atoms with Crippen molar-refractivity contribution in [1.82, 2.24) is 9.88 Å². The van der Waals surface area contributed by atoms with E-state index in [4.69, 9.17) is 23.2 Å². The maximum Gasteiger partial charge on any atom is 0.147 e. The molecule has 0 saturated carbocycles. The van der Waals surface area contributed by atoms with Crippen LogP contribution in [0.5, 0.6) is 0 Å². The molecule has 4 nitrogen and oxygen atoms in total. The number of nitrogens with zero attached hydrogens (tertiary/aromatic N) is 2. The lowest BCUT2D eigenvalue weighted by atomic mass is 10.4. The lowest BCUT2D eigenvalue weighted by Gasteiger charge is -2.18. The Kier molecular flexibility index (Phi) is 6.54. The molecule has 1 heterocycles. The van der Waals surface area contributed by atoms with Crippen LogP contribution in [0.2, 0.25) is 10.0 Å². The van der Waals surface area contributed by atoms with Gasteiger partial charge >= 0.3 is 0 Å². The summed E-state index contributed by atoms with van der Waals surface area (Å²) in [6.45, 7) is 8.15. The minimum atomic E-state index is 0.525. The molecule has 0 aliphatic carbocycles. The number of hydrogen-bond donors (Lipinski definition) is 2. The zero-order valence-corrected chi connectivity index (χ0v) is 12.6. The van der Waals surface area contributed by atoms with E-state index in [1.807, 2.05) is 0 Å². The third kappa shape index (κ3) is 4.19. The first-order valence-corrected chi connectivity index (χ1v) is 6.87. The van der Waals surface area contributed by atoms with Gasteiger partial charge in [0.05, 0.1) is 10.0 Å². The molecule has 2 N–H and O–H groups in total. The smallest absolute Gasteiger partial charge is 0.147 e. The zero-order valence-electron chi connectivity index (χ0n) is 11.1. The van der Waals surface area contributed by atoms with Crippen molar-refractivity contribution in [3.63, 3.8) is 0 Å². The van der Waals surface area contributed by atoms with Crippen LogP contribution in [0, 0.1) is 0 Å². The number of rotatable bonds is 7. The predicted octanol–water partition coefficient (Wildman–Crippen LogP) is 3.18. The molecule has 0 unspecified atom stereocenters. The number of pyridine rings is 1. The Hall–Kier alpha value is -0.710. The van der Waals surface area contributed by atoms with Gasteiger partial charge in [-0.15, -0.1) is 0 Å². The highest BCUT2D eigenvalue weighted by molar-refractivity contribution is 6.37. The van der Waals surface area contributed by atoms with Crippen molar-refractivity contribution in [2.24, 2.45) is 0 Å². The second kappa shape index (κ2) is 7.67. The van der Waals surface area contributed by atoms with E-state index in [2.05, 4.69) is 34.4 Å². The summed E-state index contributed by atoms with van der Waals surface area (Å²) >= 11 is 12.1. The van der Waals surface area contributed by atoms with Gasteiger partial charge in [-0.1, -0.05) is 37.0 Å². The van der Waals surface area contributed by atoms with Crippen molar-refractivity contribution < 1.29 is 0 Å². The Morgan fingerprint density at radius 2 is 1.78 bits per heavy atom. The lowest BCUT2D eigenvalue weighted by Crippen LogP contribution is -2.28. The number of aromatic nitrogens is 1. The number of anilines is 2. The molecule has 18 heavy (non-hydrogen) atoms. The van der Waals surface area contributed by atoms with E-state index < -0.39 is 0 Å². The first-order chi connectivity index (χ1) is 8.62. The summed E-state index contributed by atoms with van der Waals surface area (Å²) in [5, 5.41) is 7.23. The Balaban J connectivity index is 2.61. The van der Waals surface area contributed by atoms with Crippen LogP contribution < -0.4 is 10.6 Å². The lowest BCUT2D eigenvalue weighted by molar-refractivity contribution is 0.316. The average molecular weight is 291 g/mol. The molecule has 1 aromatic rings. The van der Waals surface area contributed by atoms with Crippen LogP contribution in [0.1, 0.15) is 13.8 Å². The minimum absolute atomic E-state index is 0.525. The van der Waals surface area contributed by atoms with Gasteiger partial charge in [-0.3, -0.25) is 0 Å². The fourth-order valence-electron chi connectivity index (χ4n) is 1.64. The van der Waals surface area contributed by atoms with Crippen LogP contribution in [-0.2, 0) is 0 Å². The molecule has 0 saturated heterocycles. The van der Waals surface area contributed by atoms with Gasteiger partial charge in [0, 0.05) is 20.1 Å². The first-order valence-electron chi connectivity index (χ1n) is 6.12. The van der Waals surface area contributed by atoms with Crippen molar-refractivity contribution in [3.8, 4) is 0 Å². The number of halogens is 2. The summed E-state index contributed by atoms with van der Waals surface area (Å²) in [6, 6.07) is 1.70. The van der Waals surface area contributed by atoms with Crippen molar-refractivity contribution in [2.75, 3.05) is 43.9 Å². The fraction of sp³-hybridized carbons (Fsp3) is 0.583. The zero-order chi connectivity index (χ0) is 13.5. The van der Waals surface area contributed by atoms with Gasteiger partial charge in [0.2, 0.25) is 0 Å². The summed E-state index contributed by atoms with van der Waals surface area (Å²) in [5.74, 6) is 1.30. The molecule has 0 aromatic carbocycles. The molecule has 0 spiro atoms. The Bertz CT molecular complexity index is 381. The minimum Gasteiger partial charge on any atom is -0.372 e. The van der Waals surface area contributed by atoms with E-state index in [1.54, 1.807) is 13.1 Å². The highest BCUT2D eigenvalue weighted by atomic mass is 35.5. The van der Waals surface area contributed by atoms with Crippen LogP contribution >= 0.6 is 23.2 Å². The normalized spacial score (nSPS) is 10.8. The maximum atomic E-state index is 6.09. The van der Waals surface area contributed by atoms with Crippen LogP contribution in [-0.4, -0.2) is 43.1 Å². The fourth-order valence-corrected chi connectivity index (χ4v) is 2.16. The second-order valence-corrected chi connectivity index (χ2v) is 4.67. The van der Waals surface area contributed by atoms with E-state index >= 15 is 0 Å². The molecule has 102 valence electrons. The molecule has 0 amide bonds. The molecule has 0 fully saturated rings. The van der Waals surface area contributed by atoms with Gasteiger partial charge in [-0.05, 0) is 19.2 Å². The van der Waals surface area contributed by atoms with Crippen molar-refractivity contribution >= 4 is 34.8 Å². The van der Waals surface area contributed by atoms with Gasteiger partial charge in [0.25, 0.3) is 0 Å². The van der Waals surface area contributed by atoms with Crippen molar-refractivity contribution in [1.29, 1.82) is 0 Å². The van der Waals surface area contributed by atoms with Crippen LogP contribution in [0.25, 0.3) is 0 Å². The largest absolute Gasteiger partial charge is 0.372 e.